The minimum atomic E-state index is -0.395. The summed E-state index contributed by atoms with van der Waals surface area (Å²) < 4.78 is 29.6. The van der Waals surface area contributed by atoms with Crippen LogP contribution in [0.2, 0.25) is 0 Å². The quantitative estimate of drug-likeness (QED) is 0.256. The molecule has 0 rings (SSSR count). The van der Waals surface area contributed by atoms with Gasteiger partial charge in [0.2, 0.25) is 0 Å². The Morgan fingerprint density at radius 2 is 1.04 bits per heavy atom. The SMILES string of the molecule is C=C(C)C(=O)OC.C=C(C)C(=O)OCCOCCOCCOCCOC. The van der Waals surface area contributed by atoms with Crippen molar-refractivity contribution in [3.63, 3.8) is 0 Å². The molecule has 0 aromatic heterocycles. The zero-order valence-electron chi connectivity index (χ0n) is 16.3. The van der Waals surface area contributed by atoms with Crippen molar-refractivity contribution in [1.29, 1.82) is 0 Å². The van der Waals surface area contributed by atoms with E-state index in [-0.39, 0.29) is 12.6 Å². The summed E-state index contributed by atoms with van der Waals surface area (Å²) in [5, 5.41) is 0. The minimum Gasteiger partial charge on any atom is -0.466 e. The fourth-order valence-electron chi connectivity index (χ4n) is 1.17. The van der Waals surface area contributed by atoms with Gasteiger partial charge in [0.15, 0.2) is 0 Å². The minimum absolute atomic E-state index is 0.228. The van der Waals surface area contributed by atoms with Crippen LogP contribution in [-0.2, 0) is 38.0 Å². The molecule has 0 aliphatic rings. The number of carbonyl (C=O) groups is 2. The van der Waals surface area contributed by atoms with E-state index in [4.69, 9.17) is 23.7 Å². The molecule has 8 heteroatoms. The molecule has 0 atom stereocenters. The Balaban J connectivity index is 0. The van der Waals surface area contributed by atoms with E-state index in [0.29, 0.717) is 57.4 Å². The summed E-state index contributed by atoms with van der Waals surface area (Å²) >= 11 is 0. The van der Waals surface area contributed by atoms with E-state index in [0.717, 1.165) is 0 Å². The van der Waals surface area contributed by atoms with Gasteiger partial charge in [-0.05, 0) is 13.8 Å². The number of esters is 2. The van der Waals surface area contributed by atoms with Crippen LogP contribution in [0.1, 0.15) is 13.8 Å². The number of methoxy groups -OCH3 is 2. The van der Waals surface area contributed by atoms with Crippen LogP contribution in [0.3, 0.4) is 0 Å². The van der Waals surface area contributed by atoms with E-state index in [1.807, 2.05) is 0 Å². The van der Waals surface area contributed by atoms with Gasteiger partial charge >= 0.3 is 11.9 Å². The number of rotatable bonds is 14. The fraction of sp³-hybridized carbons (Fsp3) is 0.667. The van der Waals surface area contributed by atoms with Crippen molar-refractivity contribution in [3.05, 3.63) is 24.3 Å². The lowest BCUT2D eigenvalue weighted by Gasteiger charge is -2.07. The molecule has 8 nitrogen and oxygen atoms in total. The van der Waals surface area contributed by atoms with Crippen LogP contribution >= 0.6 is 0 Å². The van der Waals surface area contributed by atoms with Crippen molar-refractivity contribution in [2.45, 2.75) is 13.8 Å². The average molecular weight is 376 g/mol. The summed E-state index contributed by atoms with van der Waals surface area (Å²) in [4.78, 5) is 21.2. The van der Waals surface area contributed by atoms with Crippen molar-refractivity contribution < 1.29 is 38.0 Å². The monoisotopic (exact) mass is 376 g/mol. The molecule has 0 bridgehead atoms. The van der Waals surface area contributed by atoms with E-state index in [1.165, 1.54) is 7.11 Å². The molecule has 0 heterocycles. The molecule has 0 amide bonds. The number of hydrogen-bond donors (Lipinski definition) is 0. The molecule has 152 valence electrons. The third-order valence-electron chi connectivity index (χ3n) is 2.52. The first-order valence-electron chi connectivity index (χ1n) is 8.15. The topological polar surface area (TPSA) is 89.5 Å². The Morgan fingerprint density at radius 3 is 1.35 bits per heavy atom. The first-order chi connectivity index (χ1) is 12.4. The van der Waals surface area contributed by atoms with Gasteiger partial charge in [-0.3, -0.25) is 0 Å². The molecule has 0 radical (unpaired) electrons. The zero-order chi connectivity index (χ0) is 20.2. The van der Waals surface area contributed by atoms with Gasteiger partial charge in [-0.2, -0.15) is 0 Å². The largest absolute Gasteiger partial charge is 0.466 e. The van der Waals surface area contributed by atoms with Crippen LogP contribution in [-0.4, -0.2) is 79.0 Å². The Labute approximate surface area is 156 Å². The molecule has 0 fully saturated rings. The van der Waals surface area contributed by atoms with Crippen molar-refractivity contribution in [1.82, 2.24) is 0 Å². The maximum absolute atomic E-state index is 11.0. The summed E-state index contributed by atoms with van der Waals surface area (Å²) in [7, 11) is 2.96. The fourth-order valence-corrected chi connectivity index (χ4v) is 1.17. The van der Waals surface area contributed by atoms with Crippen molar-refractivity contribution in [2.24, 2.45) is 0 Å². The number of hydrogen-bond acceptors (Lipinski definition) is 8. The van der Waals surface area contributed by atoms with Crippen LogP contribution < -0.4 is 0 Å². The highest BCUT2D eigenvalue weighted by Crippen LogP contribution is 1.91. The van der Waals surface area contributed by atoms with Gasteiger partial charge in [-0.15, -0.1) is 0 Å². The first kappa shape index (κ1) is 26.5. The normalized spacial score (nSPS) is 9.69. The molecule has 0 spiro atoms. The highest BCUT2D eigenvalue weighted by Gasteiger charge is 2.01. The van der Waals surface area contributed by atoms with Crippen LogP contribution in [0.5, 0.6) is 0 Å². The molecule has 0 N–H and O–H groups in total. The predicted molar refractivity (Wildman–Crippen MR) is 96.9 cm³/mol. The maximum Gasteiger partial charge on any atom is 0.333 e. The van der Waals surface area contributed by atoms with E-state index in [2.05, 4.69) is 17.9 Å². The van der Waals surface area contributed by atoms with Gasteiger partial charge in [-0.25, -0.2) is 9.59 Å². The Kier molecular flexibility index (Phi) is 20.0. The van der Waals surface area contributed by atoms with Crippen LogP contribution in [0, 0.1) is 0 Å². The van der Waals surface area contributed by atoms with E-state index >= 15 is 0 Å². The predicted octanol–water partition coefficient (Wildman–Crippen LogP) is 1.54. The molecule has 26 heavy (non-hydrogen) atoms. The van der Waals surface area contributed by atoms with Gasteiger partial charge in [0.1, 0.15) is 6.61 Å². The van der Waals surface area contributed by atoms with E-state index < -0.39 is 5.97 Å². The van der Waals surface area contributed by atoms with Crippen LogP contribution in [0.4, 0.5) is 0 Å². The van der Waals surface area contributed by atoms with Gasteiger partial charge in [0, 0.05) is 18.3 Å². The van der Waals surface area contributed by atoms with Crippen molar-refractivity contribution in [2.75, 3.05) is 67.1 Å². The number of ether oxygens (including phenoxy) is 6. The highest BCUT2D eigenvalue weighted by molar-refractivity contribution is 5.87. The Morgan fingerprint density at radius 1 is 0.654 bits per heavy atom. The molecule has 0 unspecified atom stereocenters. The summed E-state index contributed by atoms with van der Waals surface area (Å²) in [6.07, 6.45) is 0. The first-order valence-corrected chi connectivity index (χ1v) is 8.15. The van der Waals surface area contributed by atoms with Gasteiger partial charge in [0.25, 0.3) is 0 Å². The molecule has 0 aliphatic carbocycles. The molecule has 0 aromatic rings. The van der Waals surface area contributed by atoms with Crippen molar-refractivity contribution >= 4 is 11.9 Å². The zero-order valence-corrected chi connectivity index (χ0v) is 16.3. The molecular formula is C18H32O8. The summed E-state index contributed by atoms with van der Waals surface area (Å²) in [6.45, 7) is 13.8. The standard InChI is InChI=1S/C13H24O6.C5H8O2/c1-12(2)13(14)19-11-10-18-9-8-17-7-6-16-5-4-15-3;1-4(2)5(6)7-3/h1,4-11H2,2-3H3;1H2,2-3H3. The smallest absolute Gasteiger partial charge is 0.333 e. The lowest BCUT2D eigenvalue weighted by Crippen LogP contribution is -2.14. The average Bonchev–Trinajstić information content (AvgIpc) is 2.62. The molecule has 0 saturated heterocycles. The second kappa shape index (κ2) is 19.6. The summed E-state index contributed by atoms with van der Waals surface area (Å²) in [5.74, 6) is -0.743. The summed E-state index contributed by atoms with van der Waals surface area (Å²) in [5.41, 5.74) is 0.819. The number of carbonyl (C=O) groups excluding carboxylic acids is 2. The van der Waals surface area contributed by atoms with Crippen LogP contribution in [0.25, 0.3) is 0 Å². The Bertz CT molecular complexity index is 406. The van der Waals surface area contributed by atoms with Gasteiger partial charge < -0.3 is 28.4 Å². The Hall–Kier alpha value is -1.74. The third kappa shape index (κ3) is 20.3. The second-order valence-corrected chi connectivity index (χ2v) is 5.02. The maximum atomic E-state index is 11.0. The lowest BCUT2D eigenvalue weighted by molar-refractivity contribution is -0.140. The second-order valence-electron chi connectivity index (χ2n) is 5.02. The molecule has 0 saturated carbocycles. The summed E-state index contributed by atoms with van der Waals surface area (Å²) in [6, 6.07) is 0. The van der Waals surface area contributed by atoms with E-state index in [9.17, 15) is 9.59 Å². The lowest BCUT2D eigenvalue weighted by atomic mass is 10.4. The van der Waals surface area contributed by atoms with Crippen LogP contribution in [0.15, 0.2) is 24.3 Å². The molecule has 0 aliphatic heterocycles. The van der Waals surface area contributed by atoms with Gasteiger partial charge in [0.05, 0.1) is 53.4 Å². The molecular weight excluding hydrogens is 344 g/mol. The van der Waals surface area contributed by atoms with Gasteiger partial charge in [-0.1, -0.05) is 13.2 Å². The highest BCUT2D eigenvalue weighted by atomic mass is 16.6. The van der Waals surface area contributed by atoms with Crippen molar-refractivity contribution in [3.8, 4) is 0 Å². The molecule has 0 aromatic carbocycles. The van der Waals surface area contributed by atoms with E-state index in [1.54, 1.807) is 21.0 Å². The third-order valence-corrected chi connectivity index (χ3v) is 2.52.